The van der Waals surface area contributed by atoms with Gasteiger partial charge in [0.15, 0.2) is 0 Å². The van der Waals surface area contributed by atoms with Gasteiger partial charge in [-0.05, 0) is 23.5 Å². The summed E-state index contributed by atoms with van der Waals surface area (Å²) in [6, 6.07) is 5.52. The van der Waals surface area contributed by atoms with Crippen LogP contribution in [-0.4, -0.2) is 25.4 Å². The van der Waals surface area contributed by atoms with Gasteiger partial charge in [0.05, 0.1) is 0 Å². The Balaban J connectivity index is 2.13. The van der Waals surface area contributed by atoms with E-state index in [1.807, 2.05) is 19.1 Å². The van der Waals surface area contributed by atoms with Crippen LogP contribution in [0.15, 0.2) is 18.2 Å². The Bertz CT molecular complexity index is 394. The van der Waals surface area contributed by atoms with Gasteiger partial charge >= 0.3 is 7.12 Å². The maximum absolute atomic E-state index is 9.63. The normalized spacial score (nSPS) is 19.4. The third kappa shape index (κ3) is 2.82. The van der Waals surface area contributed by atoms with E-state index in [1.165, 1.54) is 0 Å². The van der Waals surface area contributed by atoms with Crippen LogP contribution in [0.3, 0.4) is 0 Å². The smallest absolute Gasteiger partial charge is 0.493 e. The molecule has 3 nitrogen and oxygen atoms in total. The lowest BCUT2D eigenvalue weighted by atomic mass is 9.75. The Hall–Kier alpha value is -0.995. The highest BCUT2D eigenvalue weighted by Gasteiger charge is 2.33. The molecule has 0 unspecified atom stereocenters. The summed E-state index contributed by atoms with van der Waals surface area (Å²) < 4.78 is 11.4. The maximum atomic E-state index is 9.63. The predicted octanol–water partition coefficient (Wildman–Crippen LogP) is 1.72. The Labute approximate surface area is 103 Å². The fourth-order valence-corrected chi connectivity index (χ4v) is 1.92. The molecule has 0 aromatic heterocycles. The van der Waals surface area contributed by atoms with Crippen LogP contribution in [0.4, 0.5) is 0 Å². The van der Waals surface area contributed by atoms with Crippen molar-refractivity contribution >= 4 is 12.6 Å². The van der Waals surface area contributed by atoms with Crippen molar-refractivity contribution in [3.8, 4) is 5.75 Å². The molecule has 92 valence electrons. The van der Waals surface area contributed by atoms with Gasteiger partial charge in [-0.2, -0.15) is 0 Å². The van der Waals surface area contributed by atoms with Crippen molar-refractivity contribution in [2.24, 2.45) is 5.41 Å². The molecule has 1 fully saturated rings. The topological polar surface area (TPSA) is 38.7 Å². The summed E-state index contributed by atoms with van der Waals surface area (Å²) in [7, 11) is -0.297. The van der Waals surface area contributed by atoms with E-state index < -0.39 is 0 Å². The number of hydrogen-bond donors (Lipinski definition) is 1. The van der Waals surface area contributed by atoms with E-state index >= 15 is 0 Å². The fraction of sp³-hybridized carbons (Fsp3) is 0.538. The first kappa shape index (κ1) is 12.5. The molecule has 1 aliphatic rings. The maximum Gasteiger partial charge on any atom is 0.493 e. The van der Waals surface area contributed by atoms with E-state index in [4.69, 9.17) is 9.31 Å². The number of phenolic OH excluding ortho intramolecular Hbond substituents is 1. The number of aryl methyl sites for hydroxylation is 1. The van der Waals surface area contributed by atoms with Gasteiger partial charge in [-0.3, -0.25) is 0 Å². The zero-order chi connectivity index (χ0) is 12.5. The molecule has 1 aliphatic heterocycles. The van der Waals surface area contributed by atoms with Crippen LogP contribution in [0.5, 0.6) is 5.75 Å². The van der Waals surface area contributed by atoms with E-state index in [-0.39, 0.29) is 12.5 Å². The van der Waals surface area contributed by atoms with Crippen molar-refractivity contribution in [1.29, 1.82) is 0 Å². The van der Waals surface area contributed by atoms with E-state index in [0.29, 0.717) is 19.0 Å². The van der Waals surface area contributed by atoms with E-state index in [9.17, 15) is 5.11 Å². The second-order valence-electron chi connectivity index (χ2n) is 5.36. The molecule has 0 bridgehead atoms. The molecule has 17 heavy (non-hydrogen) atoms. The average molecular weight is 234 g/mol. The third-order valence-electron chi connectivity index (χ3n) is 3.01. The van der Waals surface area contributed by atoms with Crippen LogP contribution in [0.2, 0.25) is 0 Å². The largest absolute Gasteiger partial charge is 0.508 e. The SMILES string of the molecule is CCc1cc(B2OCC(C)(C)CO2)ccc1O. The minimum absolute atomic E-state index is 0.0843. The zero-order valence-electron chi connectivity index (χ0n) is 10.7. The highest BCUT2D eigenvalue weighted by molar-refractivity contribution is 6.61. The molecule has 1 aromatic rings. The molecule has 1 aromatic carbocycles. The molecule has 1 saturated heterocycles. The lowest BCUT2D eigenvalue weighted by Crippen LogP contribution is -2.47. The van der Waals surface area contributed by atoms with Gasteiger partial charge in [-0.15, -0.1) is 0 Å². The van der Waals surface area contributed by atoms with E-state index in [1.54, 1.807) is 6.07 Å². The molecule has 0 aliphatic carbocycles. The summed E-state index contributed by atoms with van der Waals surface area (Å²) >= 11 is 0. The molecule has 1 heterocycles. The first-order chi connectivity index (χ1) is 8.02. The molecule has 0 radical (unpaired) electrons. The Morgan fingerprint density at radius 1 is 1.29 bits per heavy atom. The minimum Gasteiger partial charge on any atom is -0.508 e. The molecule has 0 saturated carbocycles. The second-order valence-corrected chi connectivity index (χ2v) is 5.36. The van der Waals surface area contributed by atoms with Crippen LogP contribution in [0, 0.1) is 5.41 Å². The van der Waals surface area contributed by atoms with Crippen molar-refractivity contribution < 1.29 is 14.4 Å². The Morgan fingerprint density at radius 2 is 1.94 bits per heavy atom. The second kappa shape index (κ2) is 4.71. The number of rotatable bonds is 2. The molecule has 0 amide bonds. The summed E-state index contributed by atoms with van der Waals surface area (Å²) in [5.41, 5.74) is 2.00. The summed E-state index contributed by atoms with van der Waals surface area (Å²) in [6.07, 6.45) is 0.803. The predicted molar refractivity (Wildman–Crippen MR) is 68.6 cm³/mol. The summed E-state index contributed by atoms with van der Waals surface area (Å²) in [4.78, 5) is 0. The fourth-order valence-electron chi connectivity index (χ4n) is 1.92. The molecule has 0 spiro atoms. The van der Waals surface area contributed by atoms with Gasteiger partial charge in [0, 0.05) is 18.6 Å². The van der Waals surface area contributed by atoms with Crippen molar-refractivity contribution in [1.82, 2.24) is 0 Å². The van der Waals surface area contributed by atoms with Crippen LogP contribution in [0.1, 0.15) is 26.3 Å². The Morgan fingerprint density at radius 3 is 2.53 bits per heavy atom. The lowest BCUT2D eigenvalue weighted by Gasteiger charge is -2.33. The van der Waals surface area contributed by atoms with Crippen molar-refractivity contribution in [2.45, 2.75) is 27.2 Å². The van der Waals surface area contributed by atoms with E-state index in [0.717, 1.165) is 17.4 Å². The van der Waals surface area contributed by atoms with Gasteiger partial charge in [0.1, 0.15) is 5.75 Å². The highest BCUT2D eigenvalue weighted by atomic mass is 16.6. The highest BCUT2D eigenvalue weighted by Crippen LogP contribution is 2.22. The van der Waals surface area contributed by atoms with Crippen LogP contribution < -0.4 is 5.46 Å². The van der Waals surface area contributed by atoms with Crippen LogP contribution in [0.25, 0.3) is 0 Å². The third-order valence-corrected chi connectivity index (χ3v) is 3.01. The van der Waals surface area contributed by atoms with Gasteiger partial charge in [-0.25, -0.2) is 0 Å². The van der Waals surface area contributed by atoms with Crippen LogP contribution >= 0.6 is 0 Å². The van der Waals surface area contributed by atoms with E-state index in [2.05, 4.69) is 13.8 Å². The summed E-state index contributed by atoms with van der Waals surface area (Å²) in [6.45, 7) is 7.65. The molecular weight excluding hydrogens is 215 g/mol. The molecule has 2 rings (SSSR count). The lowest BCUT2D eigenvalue weighted by molar-refractivity contribution is 0.0343. The average Bonchev–Trinajstić information content (AvgIpc) is 2.30. The number of hydrogen-bond acceptors (Lipinski definition) is 3. The van der Waals surface area contributed by atoms with Gasteiger partial charge in [-0.1, -0.05) is 32.9 Å². The molecular formula is C13H19BO3. The standard InChI is InChI=1S/C13H19BO3/c1-4-10-7-11(5-6-12(10)15)14-16-8-13(2,3)9-17-14/h5-7,15H,4,8-9H2,1-3H3. The molecule has 4 heteroatoms. The van der Waals surface area contributed by atoms with Crippen LogP contribution in [-0.2, 0) is 15.7 Å². The van der Waals surface area contributed by atoms with Gasteiger partial charge < -0.3 is 14.4 Å². The number of benzene rings is 1. The Kier molecular flexibility index (Phi) is 3.45. The number of phenols is 1. The molecule has 1 N–H and O–H groups in total. The number of aromatic hydroxyl groups is 1. The summed E-state index contributed by atoms with van der Waals surface area (Å²) in [5.74, 6) is 0.340. The molecule has 0 atom stereocenters. The quantitative estimate of drug-likeness (QED) is 0.792. The summed E-state index contributed by atoms with van der Waals surface area (Å²) in [5, 5.41) is 9.63. The first-order valence-corrected chi connectivity index (χ1v) is 6.07. The van der Waals surface area contributed by atoms with Crippen molar-refractivity contribution in [3.63, 3.8) is 0 Å². The van der Waals surface area contributed by atoms with Crippen molar-refractivity contribution in [3.05, 3.63) is 23.8 Å². The first-order valence-electron chi connectivity index (χ1n) is 6.07. The van der Waals surface area contributed by atoms with Crippen molar-refractivity contribution in [2.75, 3.05) is 13.2 Å². The van der Waals surface area contributed by atoms with Gasteiger partial charge in [0.2, 0.25) is 0 Å². The monoisotopic (exact) mass is 234 g/mol. The minimum atomic E-state index is -0.297. The van der Waals surface area contributed by atoms with Gasteiger partial charge in [0.25, 0.3) is 0 Å². The zero-order valence-corrected chi connectivity index (χ0v) is 10.7.